The fraction of sp³-hybridized carbons (Fsp3) is 0.750. The van der Waals surface area contributed by atoms with Gasteiger partial charge in [0.15, 0.2) is 5.78 Å². The zero-order valence-corrected chi connectivity index (χ0v) is 13.0. The second-order valence-electron chi connectivity index (χ2n) is 6.10. The standard InChI is InChI=1S/C16H27NO3/c1-11(2)16(13(4)18)17-15(19)10-20-9-14-8-6-5-7-12(14)3/h5-6,11-12,14,16H,7-10H2,1-4H3,(H,17,19). The number of allylic oxidation sites excluding steroid dienone is 2. The minimum Gasteiger partial charge on any atom is -0.371 e. The Morgan fingerprint density at radius 1 is 1.30 bits per heavy atom. The topological polar surface area (TPSA) is 55.4 Å². The molecule has 4 heteroatoms. The van der Waals surface area contributed by atoms with E-state index in [0.717, 1.165) is 12.8 Å². The van der Waals surface area contributed by atoms with Gasteiger partial charge in [-0.1, -0.05) is 32.9 Å². The maximum Gasteiger partial charge on any atom is 0.246 e. The number of hydrogen-bond donors (Lipinski definition) is 1. The molecule has 4 nitrogen and oxygen atoms in total. The van der Waals surface area contributed by atoms with Gasteiger partial charge < -0.3 is 10.1 Å². The molecule has 1 aliphatic carbocycles. The van der Waals surface area contributed by atoms with E-state index in [2.05, 4.69) is 24.4 Å². The van der Waals surface area contributed by atoms with E-state index in [1.165, 1.54) is 6.92 Å². The van der Waals surface area contributed by atoms with Gasteiger partial charge in [-0.05, 0) is 37.5 Å². The molecule has 1 aliphatic rings. The highest BCUT2D eigenvalue weighted by Gasteiger charge is 2.22. The summed E-state index contributed by atoms with van der Waals surface area (Å²) in [5, 5.41) is 2.74. The fourth-order valence-corrected chi connectivity index (χ4v) is 2.49. The van der Waals surface area contributed by atoms with Crippen molar-refractivity contribution in [1.29, 1.82) is 0 Å². The Morgan fingerprint density at radius 2 is 1.95 bits per heavy atom. The average Bonchev–Trinajstić information content (AvgIpc) is 2.37. The monoisotopic (exact) mass is 281 g/mol. The lowest BCUT2D eigenvalue weighted by atomic mass is 9.85. The lowest BCUT2D eigenvalue weighted by molar-refractivity contribution is -0.131. The molecule has 3 unspecified atom stereocenters. The Hall–Kier alpha value is -1.16. The molecule has 0 aliphatic heterocycles. The van der Waals surface area contributed by atoms with Gasteiger partial charge in [0.25, 0.3) is 0 Å². The summed E-state index contributed by atoms with van der Waals surface area (Å²) < 4.78 is 5.51. The normalized spacial score (nSPS) is 23.6. The molecule has 0 spiro atoms. The van der Waals surface area contributed by atoms with E-state index in [4.69, 9.17) is 4.74 Å². The largest absolute Gasteiger partial charge is 0.371 e. The number of hydrogen-bond acceptors (Lipinski definition) is 3. The number of rotatable bonds is 7. The number of nitrogens with one attached hydrogen (secondary N) is 1. The first kappa shape index (κ1) is 16.9. The quantitative estimate of drug-likeness (QED) is 0.729. The maximum atomic E-state index is 11.8. The maximum absolute atomic E-state index is 11.8. The highest BCUT2D eigenvalue weighted by Crippen LogP contribution is 2.24. The number of ether oxygens (including phenoxy) is 1. The first-order valence-corrected chi connectivity index (χ1v) is 7.44. The first-order valence-electron chi connectivity index (χ1n) is 7.44. The average molecular weight is 281 g/mol. The fourth-order valence-electron chi connectivity index (χ4n) is 2.49. The van der Waals surface area contributed by atoms with Crippen molar-refractivity contribution in [2.24, 2.45) is 17.8 Å². The third-order valence-corrected chi connectivity index (χ3v) is 3.90. The van der Waals surface area contributed by atoms with E-state index in [0.29, 0.717) is 18.4 Å². The van der Waals surface area contributed by atoms with Gasteiger partial charge >= 0.3 is 0 Å². The van der Waals surface area contributed by atoms with E-state index in [9.17, 15) is 9.59 Å². The second-order valence-corrected chi connectivity index (χ2v) is 6.10. The third-order valence-electron chi connectivity index (χ3n) is 3.90. The molecule has 1 rings (SSSR count). The zero-order chi connectivity index (χ0) is 15.1. The van der Waals surface area contributed by atoms with Crippen LogP contribution in [0.2, 0.25) is 0 Å². The SMILES string of the molecule is CC(=O)C(NC(=O)COCC1CC=CCC1C)C(C)C. The van der Waals surface area contributed by atoms with Crippen molar-refractivity contribution in [3.05, 3.63) is 12.2 Å². The Bertz CT molecular complexity index is 363. The molecule has 0 aromatic heterocycles. The van der Waals surface area contributed by atoms with E-state index in [1.807, 2.05) is 13.8 Å². The molecule has 1 N–H and O–H groups in total. The summed E-state index contributed by atoms with van der Waals surface area (Å²) in [5.41, 5.74) is 0. The van der Waals surface area contributed by atoms with Gasteiger partial charge in [-0.15, -0.1) is 0 Å². The van der Waals surface area contributed by atoms with Crippen molar-refractivity contribution in [1.82, 2.24) is 5.32 Å². The number of carbonyl (C=O) groups excluding carboxylic acids is 2. The van der Waals surface area contributed by atoms with Crippen LogP contribution >= 0.6 is 0 Å². The summed E-state index contributed by atoms with van der Waals surface area (Å²) in [6.07, 6.45) is 6.48. The van der Waals surface area contributed by atoms with Crippen molar-refractivity contribution in [2.45, 2.75) is 46.6 Å². The minimum absolute atomic E-state index is 0.0145. The van der Waals surface area contributed by atoms with Crippen LogP contribution in [0.1, 0.15) is 40.5 Å². The van der Waals surface area contributed by atoms with Crippen molar-refractivity contribution in [3.63, 3.8) is 0 Å². The van der Waals surface area contributed by atoms with Gasteiger partial charge in [0.05, 0.1) is 12.6 Å². The number of carbonyl (C=O) groups is 2. The highest BCUT2D eigenvalue weighted by molar-refractivity contribution is 5.88. The van der Waals surface area contributed by atoms with Gasteiger partial charge in [0, 0.05) is 0 Å². The molecule has 20 heavy (non-hydrogen) atoms. The van der Waals surface area contributed by atoms with E-state index >= 15 is 0 Å². The number of amides is 1. The molecule has 0 radical (unpaired) electrons. The summed E-state index contributed by atoms with van der Waals surface area (Å²) >= 11 is 0. The highest BCUT2D eigenvalue weighted by atomic mass is 16.5. The summed E-state index contributed by atoms with van der Waals surface area (Å²) in [7, 11) is 0. The molecule has 0 saturated carbocycles. The van der Waals surface area contributed by atoms with Gasteiger partial charge in [0.1, 0.15) is 6.61 Å². The van der Waals surface area contributed by atoms with E-state index in [1.54, 1.807) is 0 Å². The van der Waals surface area contributed by atoms with Crippen LogP contribution in [0.4, 0.5) is 0 Å². The van der Waals surface area contributed by atoms with Crippen molar-refractivity contribution < 1.29 is 14.3 Å². The zero-order valence-electron chi connectivity index (χ0n) is 13.0. The van der Waals surface area contributed by atoms with Crippen LogP contribution in [0, 0.1) is 17.8 Å². The molecule has 114 valence electrons. The molecule has 0 aromatic carbocycles. The summed E-state index contributed by atoms with van der Waals surface area (Å²) in [5.74, 6) is 0.961. The molecule has 0 aromatic rings. The van der Waals surface area contributed by atoms with Crippen LogP contribution in [-0.4, -0.2) is 30.9 Å². The van der Waals surface area contributed by atoms with Gasteiger partial charge in [-0.3, -0.25) is 9.59 Å². The van der Waals surface area contributed by atoms with Crippen molar-refractivity contribution in [3.8, 4) is 0 Å². The molecular formula is C16H27NO3. The molecule has 0 bridgehead atoms. The van der Waals surface area contributed by atoms with E-state index in [-0.39, 0.29) is 24.2 Å². The van der Waals surface area contributed by atoms with Crippen LogP contribution in [0.15, 0.2) is 12.2 Å². The second kappa shape index (κ2) is 8.20. The molecule has 0 heterocycles. The van der Waals surface area contributed by atoms with Crippen LogP contribution in [0.3, 0.4) is 0 Å². The van der Waals surface area contributed by atoms with Gasteiger partial charge in [-0.25, -0.2) is 0 Å². The third kappa shape index (κ3) is 5.45. The Kier molecular flexibility index (Phi) is 6.93. The summed E-state index contributed by atoms with van der Waals surface area (Å²) in [6.45, 7) is 8.19. The number of ketones is 1. The molecule has 3 atom stereocenters. The first-order chi connectivity index (χ1) is 9.41. The van der Waals surface area contributed by atoms with Crippen molar-refractivity contribution >= 4 is 11.7 Å². The number of Topliss-reactive ketones (excluding diaryl/α,β-unsaturated/α-hetero) is 1. The molecule has 0 fully saturated rings. The van der Waals surface area contributed by atoms with E-state index < -0.39 is 6.04 Å². The summed E-state index contributed by atoms with van der Waals surface area (Å²) in [6, 6.07) is -0.414. The van der Waals surface area contributed by atoms with Crippen LogP contribution in [0.25, 0.3) is 0 Å². The smallest absolute Gasteiger partial charge is 0.246 e. The van der Waals surface area contributed by atoms with Crippen LogP contribution < -0.4 is 5.32 Å². The predicted octanol–water partition coefficient (Wildman–Crippen LogP) is 2.34. The minimum atomic E-state index is -0.414. The molecule has 1 amide bonds. The Labute approximate surface area is 122 Å². The molecule has 0 saturated heterocycles. The lowest BCUT2D eigenvalue weighted by Crippen LogP contribution is -2.45. The van der Waals surface area contributed by atoms with Gasteiger partial charge in [-0.2, -0.15) is 0 Å². The molecular weight excluding hydrogens is 254 g/mol. The lowest BCUT2D eigenvalue weighted by Gasteiger charge is -2.25. The predicted molar refractivity (Wildman–Crippen MR) is 79.3 cm³/mol. The van der Waals surface area contributed by atoms with Crippen LogP contribution in [0.5, 0.6) is 0 Å². The summed E-state index contributed by atoms with van der Waals surface area (Å²) in [4.78, 5) is 23.2. The van der Waals surface area contributed by atoms with Crippen molar-refractivity contribution in [2.75, 3.05) is 13.2 Å². The Balaban J connectivity index is 2.29. The van der Waals surface area contributed by atoms with Crippen LogP contribution in [-0.2, 0) is 14.3 Å². The Morgan fingerprint density at radius 3 is 2.50 bits per heavy atom. The van der Waals surface area contributed by atoms with Gasteiger partial charge in [0.2, 0.25) is 5.91 Å².